The summed E-state index contributed by atoms with van der Waals surface area (Å²) in [7, 11) is 0. The molecule has 0 heterocycles. The monoisotopic (exact) mass is 326 g/mol. The maximum Gasteiger partial charge on any atom is 0.328 e. The number of rotatable bonds is 6. The minimum Gasteiger partial charge on any atom is -0.454 e. The predicted molar refractivity (Wildman–Crippen MR) is 82.6 cm³/mol. The van der Waals surface area contributed by atoms with Gasteiger partial charge in [0.1, 0.15) is 6.04 Å². The third kappa shape index (κ3) is 5.73. The first kappa shape index (κ1) is 18.0. The van der Waals surface area contributed by atoms with Gasteiger partial charge >= 0.3 is 5.97 Å². The third-order valence-electron chi connectivity index (χ3n) is 2.61. The molecule has 0 radical (unpaired) electrons. The first-order valence-electron chi connectivity index (χ1n) is 6.82. The summed E-state index contributed by atoms with van der Waals surface area (Å²) in [6.45, 7) is 4.68. The van der Waals surface area contributed by atoms with Crippen LogP contribution in [-0.2, 0) is 14.3 Å². The molecule has 7 heteroatoms. The fraction of sp³-hybridized carbons (Fsp3) is 0.400. The van der Waals surface area contributed by atoms with Crippen LogP contribution in [0.5, 0.6) is 0 Å². The van der Waals surface area contributed by atoms with Crippen molar-refractivity contribution in [1.29, 1.82) is 0 Å². The lowest BCUT2D eigenvalue weighted by Gasteiger charge is -2.14. The first-order valence-corrected chi connectivity index (χ1v) is 7.20. The summed E-state index contributed by atoms with van der Waals surface area (Å²) in [6, 6.07) is 5.56. The van der Waals surface area contributed by atoms with E-state index < -0.39 is 23.8 Å². The van der Waals surface area contributed by atoms with Crippen molar-refractivity contribution in [2.24, 2.45) is 0 Å². The van der Waals surface area contributed by atoms with Crippen LogP contribution in [-0.4, -0.2) is 36.5 Å². The Balaban J connectivity index is 2.49. The summed E-state index contributed by atoms with van der Waals surface area (Å²) in [5.41, 5.74) is 0.265. The SMILES string of the molecule is CC(C)NC(=O)COC(=O)[C@H](C)NC(=O)c1ccccc1Cl. The van der Waals surface area contributed by atoms with Crippen LogP contribution < -0.4 is 10.6 Å². The number of esters is 1. The van der Waals surface area contributed by atoms with Crippen LogP contribution in [0.25, 0.3) is 0 Å². The molecule has 2 N–H and O–H groups in total. The van der Waals surface area contributed by atoms with Gasteiger partial charge in [-0.2, -0.15) is 0 Å². The Morgan fingerprint density at radius 3 is 2.36 bits per heavy atom. The van der Waals surface area contributed by atoms with Gasteiger partial charge in [0.15, 0.2) is 6.61 Å². The second kappa shape index (κ2) is 8.38. The Kier molecular flexibility index (Phi) is 6.85. The number of carbonyl (C=O) groups excluding carboxylic acids is 3. The van der Waals surface area contributed by atoms with Crippen molar-refractivity contribution in [3.8, 4) is 0 Å². The van der Waals surface area contributed by atoms with Gasteiger partial charge < -0.3 is 15.4 Å². The molecule has 0 spiro atoms. The Hall–Kier alpha value is -2.08. The quantitative estimate of drug-likeness (QED) is 0.776. The van der Waals surface area contributed by atoms with Gasteiger partial charge in [0.25, 0.3) is 11.8 Å². The van der Waals surface area contributed by atoms with Crippen LogP contribution >= 0.6 is 11.6 Å². The van der Waals surface area contributed by atoms with Gasteiger partial charge in [-0.25, -0.2) is 4.79 Å². The van der Waals surface area contributed by atoms with Crippen LogP contribution in [0, 0.1) is 0 Å². The average molecular weight is 327 g/mol. The standard InChI is InChI=1S/C15H19ClN2O4/c1-9(2)17-13(19)8-22-15(21)10(3)18-14(20)11-6-4-5-7-12(11)16/h4-7,9-10H,8H2,1-3H3,(H,17,19)(H,18,20)/t10-/m0/s1. The molecule has 1 aromatic carbocycles. The second-order valence-electron chi connectivity index (χ2n) is 5.00. The molecule has 0 bridgehead atoms. The number of halogens is 1. The summed E-state index contributed by atoms with van der Waals surface area (Å²) in [4.78, 5) is 35.1. The van der Waals surface area contributed by atoms with Crippen molar-refractivity contribution >= 4 is 29.4 Å². The van der Waals surface area contributed by atoms with Crippen molar-refractivity contribution < 1.29 is 19.1 Å². The maximum absolute atomic E-state index is 12.0. The van der Waals surface area contributed by atoms with Crippen LogP contribution in [0.3, 0.4) is 0 Å². The topological polar surface area (TPSA) is 84.5 Å². The Bertz CT molecular complexity index is 560. The minimum atomic E-state index is -0.893. The van der Waals surface area contributed by atoms with Gasteiger partial charge in [-0.15, -0.1) is 0 Å². The van der Waals surface area contributed by atoms with Crippen molar-refractivity contribution in [3.63, 3.8) is 0 Å². The highest BCUT2D eigenvalue weighted by atomic mass is 35.5. The Labute approximate surface area is 134 Å². The van der Waals surface area contributed by atoms with Crippen LogP contribution in [0.1, 0.15) is 31.1 Å². The van der Waals surface area contributed by atoms with E-state index in [9.17, 15) is 14.4 Å². The van der Waals surface area contributed by atoms with Crippen molar-refractivity contribution in [2.75, 3.05) is 6.61 Å². The Morgan fingerprint density at radius 2 is 1.77 bits per heavy atom. The molecule has 0 saturated heterocycles. The van der Waals surface area contributed by atoms with E-state index in [1.807, 2.05) is 0 Å². The molecule has 0 saturated carbocycles. The molecule has 22 heavy (non-hydrogen) atoms. The number of carbonyl (C=O) groups is 3. The zero-order valence-electron chi connectivity index (χ0n) is 12.7. The molecule has 0 aliphatic rings. The van der Waals surface area contributed by atoms with E-state index in [0.29, 0.717) is 0 Å². The van der Waals surface area contributed by atoms with Crippen molar-refractivity contribution in [3.05, 3.63) is 34.9 Å². The summed E-state index contributed by atoms with van der Waals surface area (Å²) in [6.07, 6.45) is 0. The summed E-state index contributed by atoms with van der Waals surface area (Å²) in [5, 5.41) is 5.35. The van der Waals surface area contributed by atoms with Gasteiger partial charge in [0.05, 0.1) is 10.6 Å². The zero-order chi connectivity index (χ0) is 16.7. The number of hydrogen-bond donors (Lipinski definition) is 2. The van der Waals surface area contributed by atoms with E-state index in [2.05, 4.69) is 10.6 Å². The van der Waals surface area contributed by atoms with Gasteiger partial charge in [0, 0.05) is 6.04 Å². The van der Waals surface area contributed by atoms with Crippen LogP contribution in [0.15, 0.2) is 24.3 Å². The first-order chi connectivity index (χ1) is 10.3. The number of ether oxygens (including phenoxy) is 1. The van der Waals surface area contributed by atoms with Crippen LogP contribution in [0.2, 0.25) is 5.02 Å². The number of amides is 2. The lowest BCUT2D eigenvalue weighted by atomic mass is 10.2. The van der Waals surface area contributed by atoms with Crippen molar-refractivity contribution in [1.82, 2.24) is 10.6 Å². The van der Waals surface area contributed by atoms with E-state index in [4.69, 9.17) is 16.3 Å². The molecule has 0 aliphatic heterocycles. The Morgan fingerprint density at radius 1 is 1.14 bits per heavy atom. The average Bonchev–Trinajstić information content (AvgIpc) is 2.44. The van der Waals surface area contributed by atoms with E-state index in [1.165, 1.54) is 6.92 Å². The maximum atomic E-state index is 12.0. The third-order valence-corrected chi connectivity index (χ3v) is 2.94. The van der Waals surface area contributed by atoms with Gasteiger partial charge in [0.2, 0.25) is 0 Å². The van der Waals surface area contributed by atoms with E-state index in [-0.39, 0.29) is 23.2 Å². The smallest absolute Gasteiger partial charge is 0.328 e. The predicted octanol–water partition coefficient (Wildman–Crippen LogP) is 1.53. The largest absolute Gasteiger partial charge is 0.454 e. The highest BCUT2D eigenvalue weighted by molar-refractivity contribution is 6.33. The van der Waals surface area contributed by atoms with Gasteiger partial charge in [-0.1, -0.05) is 23.7 Å². The number of hydrogen-bond acceptors (Lipinski definition) is 4. The van der Waals surface area contributed by atoms with E-state index in [1.54, 1.807) is 38.1 Å². The van der Waals surface area contributed by atoms with Crippen LogP contribution in [0.4, 0.5) is 0 Å². The molecule has 0 aliphatic carbocycles. The highest BCUT2D eigenvalue weighted by Gasteiger charge is 2.20. The van der Waals surface area contributed by atoms with E-state index >= 15 is 0 Å². The molecule has 2 amide bonds. The summed E-state index contributed by atoms with van der Waals surface area (Å²) < 4.78 is 4.83. The molecule has 0 unspecified atom stereocenters. The summed E-state index contributed by atoms with van der Waals surface area (Å²) in [5.74, 6) is -1.58. The molecule has 1 atom stereocenters. The fourth-order valence-electron chi connectivity index (χ4n) is 1.60. The molecule has 120 valence electrons. The summed E-state index contributed by atoms with van der Waals surface area (Å²) >= 11 is 5.90. The molecular formula is C15H19ClN2O4. The number of benzene rings is 1. The van der Waals surface area contributed by atoms with Gasteiger partial charge in [-0.3, -0.25) is 9.59 Å². The minimum absolute atomic E-state index is 0.0384. The number of nitrogens with one attached hydrogen (secondary N) is 2. The van der Waals surface area contributed by atoms with Gasteiger partial charge in [-0.05, 0) is 32.9 Å². The molecule has 1 rings (SSSR count). The highest BCUT2D eigenvalue weighted by Crippen LogP contribution is 2.14. The molecule has 0 aromatic heterocycles. The second-order valence-corrected chi connectivity index (χ2v) is 5.41. The van der Waals surface area contributed by atoms with E-state index in [0.717, 1.165) is 0 Å². The normalized spacial score (nSPS) is 11.7. The van der Waals surface area contributed by atoms with Crippen molar-refractivity contribution in [2.45, 2.75) is 32.9 Å². The lowest BCUT2D eigenvalue weighted by molar-refractivity contribution is -0.150. The lowest BCUT2D eigenvalue weighted by Crippen LogP contribution is -2.41. The molecular weight excluding hydrogens is 308 g/mol. The zero-order valence-corrected chi connectivity index (χ0v) is 13.4. The molecule has 0 fully saturated rings. The molecule has 6 nitrogen and oxygen atoms in total. The fourth-order valence-corrected chi connectivity index (χ4v) is 1.83. The molecule has 1 aromatic rings.